The van der Waals surface area contributed by atoms with Gasteiger partial charge in [0, 0.05) is 29.6 Å². The lowest BCUT2D eigenvalue weighted by Crippen LogP contribution is -2.49. The molecule has 2 heterocycles. The van der Waals surface area contributed by atoms with Crippen LogP contribution < -0.4 is 0 Å². The number of aryl methyl sites for hydroxylation is 1. The fourth-order valence-corrected chi connectivity index (χ4v) is 6.82. The zero-order chi connectivity index (χ0) is 17.6. The third-order valence-electron chi connectivity index (χ3n) is 7.63. The Morgan fingerprint density at radius 2 is 1.69 bits per heavy atom. The Labute approximate surface area is 152 Å². The monoisotopic (exact) mass is 357 g/mol. The van der Waals surface area contributed by atoms with Crippen LogP contribution >= 0.6 is 0 Å². The number of rotatable bonds is 3. The summed E-state index contributed by atoms with van der Waals surface area (Å²) in [5, 5.41) is 5.24. The van der Waals surface area contributed by atoms with Crippen molar-refractivity contribution in [3.05, 3.63) is 23.0 Å². The van der Waals surface area contributed by atoms with Gasteiger partial charge in [-0.05, 0) is 75.2 Å². The van der Waals surface area contributed by atoms with Gasteiger partial charge in [-0.15, -0.1) is 0 Å². The summed E-state index contributed by atoms with van der Waals surface area (Å²) >= 11 is 0. The molecule has 5 saturated carbocycles. The van der Waals surface area contributed by atoms with Crippen molar-refractivity contribution in [1.29, 1.82) is 0 Å². The van der Waals surface area contributed by atoms with Crippen molar-refractivity contribution in [2.24, 2.45) is 24.8 Å². The number of fused-ring (bicyclic) bond motifs is 1. The maximum absolute atomic E-state index is 14.1. The van der Waals surface area contributed by atoms with E-state index in [2.05, 4.69) is 5.10 Å². The summed E-state index contributed by atoms with van der Waals surface area (Å²) in [6.07, 6.45) is 7.14. The molecule has 0 unspecified atom stereocenters. The summed E-state index contributed by atoms with van der Waals surface area (Å²) in [5.41, 5.74) is 2.68. The number of halogens is 2. The van der Waals surface area contributed by atoms with E-state index in [1.54, 1.807) is 10.7 Å². The van der Waals surface area contributed by atoms with Crippen molar-refractivity contribution in [3.8, 4) is 0 Å². The quantitative estimate of drug-likeness (QED) is 0.751. The zero-order valence-electron chi connectivity index (χ0n) is 15.2. The van der Waals surface area contributed by atoms with E-state index in [4.69, 9.17) is 4.98 Å². The molecule has 5 fully saturated rings. The van der Waals surface area contributed by atoms with Crippen LogP contribution in [0, 0.1) is 17.8 Å². The second-order valence-electron chi connectivity index (χ2n) is 9.58. The van der Waals surface area contributed by atoms with Gasteiger partial charge < -0.3 is 0 Å². The van der Waals surface area contributed by atoms with Gasteiger partial charge in [0.2, 0.25) is 0 Å². The Balaban J connectivity index is 1.55. The van der Waals surface area contributed by atoms with Crippen molar-refractivity contribution in [3.63, 3.8) is 0 Å². The second kappa shape index (κ2) is 5.05. The molecule has 138 valence electrons. The van der Waals surface area contributed by atoms with E-state index >= 15 is 0 Å². The molecule has 0 spiro atoms. The minimum atomic E-state index is -2.46. The van der Waals surface area contributed by atoms with E-state index in [-0.39, 0.29) is 11.0 Å². The van der Waals surface area contributed by atoms with Crippen molar-refractivity contribution in [2.45, 2.75) is 69.1 Å². The third-order valence-corrected chi connectivity index (χ3v) is 7.63. The van der Waals surface area contributed by atoms with Gasteiger partial charge in [0.15, 0.2) is 5.65 Å². The molecule has 0 aliphatic heterocycles. The SMILES string of the molecule is Cn1nc(C2CC2)c2c(C(F)F)cc(C34CC5CC(CC(C5)C3)C4)nc21. The largest absolute Gasteiger partial charge is 0.264 e. The Hall–Kier alpha value is -1.52. The van der Waals surface area contributed by atoms with Crippen LogP contribution in [0.5, 0.6) is 0 Å². The van der Waals surface area contributed by atoms with Crippen LogP contribution in [-0.4, -0.2) is 14.8 Å². The van der Waals surface area contributed by atoms with Gasteiger partial charge in [-0.1, -0.05) is 0 Å². The molecule has 0 saturated heterocycles. The number of pyridine rings is 1. The highest BCUT2D eigenvalue weighted by atomic mass is 19.3. The average molecular weight is 357 g/mol. The Kier molecular flexibility index (Phi) is 3.02. The first-order valence-electron chi connectivity index (χ1n) is 10.2. The molecule has 0 aromatic carbocycles. The van der Waals surface area contributed by atoms with Crippen molar-refractivity contribution < 1.29 is 8.78 Å². The molecule has 0 N–H and O–H groups in total. The Morgan fingerprint density at radius 1 is 1.08 bits per heavy atom. The molecule has 5 aliphatic rings. The molecule has 26 heavy (non-hydrogen) atoms. The van der Waals surface area contributed by atoms with Crippen molar-refractivity contribution in [1.82, 2.24) is 14.8 Å². The normalized spacial score (nSPS) is 35.8. The van der Waals surface area contributed by atoms with Gasteiger partial charge in [-0.3, -0.25) is 4.68 Å². The van der Waals surface area contributed by atoms with Crippen LogP contribution in [0.15, 0.2) is 6.07 Å². The van der Waals surface area contributed by atoms with E-state index < -0.39 is 6.43 Å². The lowest BCUT2D eigenvalue weighted by atomic mass is 9.48. The van der Waals surface area contributed by atoms with Crippen LogP contribution in [0.1, 0.15) is 80.7 Å². The smallest absolute Gasteiger partial charge is 0.250 e. The number of nitrogens with zero attached hydrogens (tertiary/aromatic N) is 3. The maximum Gasteiger partial charge on any atom is 0.264 e. The third kappa shape index (κ3) is 2.09. The summed E-state index contributed by atoms with van der Waals surface area (Å²) in [5.74, 6) is 2.69. The number of hydrogen-bond donors (Lipinski definition) is 0. The number of alkyl halides is 2. The molecule has 4 bridgehead atoms. The Morgan fingerprint density at radius 3 is 2.23 bits per heavy atom. The first-order chi connectivity index (χ1) is 12.5. The van der Waals surface area contributed by atoms with E-state index in [0.717, 1.165) is 61.2 Å². The van der Waals surface area contributed by atoms with Gasteiger partial charge in [0.1, 0.15) is 0 Å². The molecule has 5 heteroatoms. The van der Waals surface area contributed by atoms with Gasteiger partial charge in [-0.25, -0.2) is 13.8 Å². The molecule has 3 nitrogen and oxygen atoms in total. The summed E-state index contributed by atoms with van der Waals surface area (Å²) in [6.45, 7) is 0. The highest BCUT2D eigenvalue weighted by Crippen LogP contribution is 2.60. The molecule has 2 aromatic heterocycles. The predicted molar refractivity (Wildman–Crippen MR) is 95.3 cm³/mol. The van der Waals surface area contributed by atoms with Crippen LogP contribution in [0.3, 0.4) is 0 Å². The van der Waals surface area contributed by atoms with Crippen LogP contribution in [0.4, 0.5) is 8.78 Å². The van der Waals surface area contributed by atoms with E-state index in [1.165, 1.54) is 19.3 Å². The highest BCUT2D eigenvalue weighted by Gasteiger charge is 2.52. The molecule has 0 amide bonds. The average Bonchev–Trinajstić information content (AvgIpc) is 3.37. The van der Waals surface area contributed by atoms with E-state index in [9.17, 15) is 8.78 Å². The molecule has 7 rings (SSSR count). The van der Waals surface area contributed by atoms with E-state index in [0.29, 0.717) is 17.0 Å². The van der Waals surface area contributed by atoms with Crippen molar-refractivity contribution in [2.75, 3.05) is 0 Å². The van der Waals surface area contributed by atoms with Gasteiger partial charge >= 0.3 is 0 Å². The summed E-state index contributed by atoms with van der Waals surface area (Å²) in [4.78, 5) is 5.01. The molecular weight excluding hydrogens is 332 g/mol. The maximum atomic E-state index is 14.1. The minimum absolute atomic E-state index is 0.0383. The lowest BCUT2D eigenvalue weighted by molar-refractivity contribution is -0.00721. The summed E-state index contributed by atoms with van der Waals surface area (Å²) < 4.78 is 29.9. The first-order valence-corrected chi connectivity index (χ1v) is 10.2. The number of aromatic nitrogens is 3. The molecule has 0 atom stereocenters. The fourth-order valence-electron chi connectivity index (χ4n) is 6.82. The molecule has 5 aliphatic carbocycles. The zero-order valence-corrected chi connectivity index (χ0v) is 15.2. The van der Waals surface area contributed by atoms with Gasteiger partial charge in [-0.2, -0.15) is 5.10 Å². The second-order valence-corrected chi connectivity index (χ2v) is 9.58. The topological polar surface area (TPSA) is 30.7 Å². The van der Waals surface area contributed by atoms with Crippen LogP contribution in [0.25, 0.3) is 11.0 Å². The summed E-state index contributed by atoms with van der Waals surface area (Å²) in [7, 11) is 1.86. The molecule has 0 radical (unpaired) electrons. The number of hydrogen-bond acceptors (Lipinski definition) is 2. The standard InChI is InChI=1S/C21H25F2N3/c1-26-20-17(18(25-26)14-2-3-14)15(19(22)23)7-16(24-20)21-8-11-4-12(9-21)6-13(5-11)10-21/h7,11-14,19H,2-6,8-10H2,1H3. The fraction of sp³-hybridized carbons (Fsp3) is 0.714. The molecular formula is C21H25F2N3. The van der Waals surface area contributed by atoms with Gasteiger partial charge in [0.25, 0.3) is 6.43 Å². The Bertz CT molecular complexity index is 861. The highest BCUT2D eigenvalue weighted by molar-refractivity contribution is 5.84. The van der Waals surface area contributed by atoms with Crippen molar-refractivity contribution >= 4 is 11.0 Å². The van der Waals surface area contributed by atoms with Crippen LogP contribution in [-0.2, 0) is 12.5 Å². The van der Waals surface area contributed by atoms with Crippen LogP contribution in [0.2, 0.25) is 0 Å². The predicted octanol–water partition coefficient (Wildman–Crippen LogP) is 5.25. The van der Waals surface area contributed by atoms with Gasteiger partial charge in [0.05, 0.1) is 11.1 Å². The minimum Gasteiger partial charge on any atom is -0.250 e. The molecule has 2 aromatic rings. The van der Waals surface area contributed by atoms with E-state index in [1.807, 2.05) is 7.05 Å². The first kappa shape index (κ1) is 15.5. The lowest BCUT2D eigenvalue weighted by Gasteiger charge is -2.56. The summed E-state index contributed by atoms with van der Waals surface area (Å²) in [6, 6.07) is 1.77.